The average molecular weight is 491 g/mol. The van der Waals surface area contributed by atoms with Crippen LogP contribution in [0.15, 0.2) is 41.3 Å². The fourth-order valence-electron chi connectivity index (χ4n) is 5.70. The highest BCUT2D eigenvalue weighted by Gasteiger charge is 2.37. The van der Waals surface area contributed by atoms with E-state index in [1.54, 1.807) is 26.4 Å². The number of hydrogen-bond donors (Lipinski definition) is 1. The van der Waals surface area contributed by atoms with Crippen LogP contribution in [0.5, 0.6) is 11.5 Å². The minimum atomic E-state index is -4.39. The van der Waals surface area contributed by atoms with Gasteiger partial charge in [-0.3, -0.25) is 4.55 Å². The third-order valence-corrected chi connectivity index (χ3v) is 11.8. The van der Waals surface area contributed by atoms with Crippen molar-refractivity contribution in [3.8, 4) is 22.6 Å². The van der Waals surface area contributed by atoms with Crippen LogP contribution in [-0.2, 0) is 10.1 Å². The van der Waals surface area contributed by atoms with Crippen LogP contribution >= 0.6 is 7.92 Å². The molecule has 0 radical (unpaired) electrons. The Morgan fingerprint density at radius 1 is 0.788 bits per heavy atom. The van der Waals surface area contributed by atoms with E-state index in [1.807, 2.05) is 24.3 Å². The molecule has 2 aliphatic rings. The molecule has 2 aromatic carbocycles. The molecule has 0 aromatic heterocycles. The predicted molar refractivity (Wildman–Crippen MR) is 135 cm³/mol. The van der Waals surface area contributed by atoms with Crippen LogP contribution in [-0.4, -0.2) is 38.5 Å². The molecule has 0 aliphatic heterocycles. The van der Waals surface area contributed by atoms with Gasteiger partial charge in [0.15, 0.2) is 0 Å². The van der Waals surface area contributed by atoms with Gasteiger partial charge in [-0.15, -0.1) is 0 Å². The van der Waals surface area contributed by atoms with E-state index in [4.69, 9.17) is 9.47 Å². The molecule has 5 nitrogen and oxygen atoms in total. The van der Waals surface area contributed by atoms with Gasteiger partial charge < -0.3 is 9.47 Å². The summed E-state index contributed by atoms with van der Waals surface area (Å²) >= 11 is 0. The van der Waals surface area contributed by atoms with Crippen molar-refractivity contribution in [3.05, 3.63) is 36.4 Å². The van der Waals surface area contributed by atoms with E-state index in [2.05, 4.69) is 0 Å². The van der Waals surface area contributed by atoms with Gasteiger partial charge in [0.1, 0.15) is 16.4 Å². The molecular formula is C26H35O5PS. The van der Waals surface area contributed by atoms with Crippen LogP contribution in [0.25, 0.3) is 11.1 Å². The van der Waals surface area contributed by atoms with Crippen molar-refractivity contribution in [2.24, 2.45) is 0 Å². The number of hydrogen-bond acceptors (Lipinski definition) is 4. The van der Waals surface area contributed by atoms with Crippen LogP contribution in [0.3, 0.4) is 0 Å². The maximum atomic E-state index is 12.7. The fraction of sp³-hybridized carbons (Fsp3) is 0.538. The lowest BCUT2D eigenvalue weighted by molar-refractivity contribution is 0.397. The summed E-state index contributed by atoms with van der Waals surface area (Å²) in [7, 11) is -1.96. The van der Waals surface area contributed by atoms with Crippen molar-refractivity contribution in [1.29, 1.82) is 0 Å². The fourth-order valence-corrected chi connectivity index (χ4v) is 10.9. The molecule has 0 heterocycles. The number of methoxy groups -OCH3 is 2. The third kappa shape index (κ3) is 5.23. The van der Waals surface area contributed by atoms with E-state index in [1.165, 1.54) is 38.5 Å². The smallest absolute Gasteiger partial charge is 0.295 e. The van der Waals surface area contributed by atoms with Crippen LogP contribution in [0.2, 0.25) is 0 Å². The van der Waals surface area contributed by atoms with Crippen LogP contribution in [0.4, 0.5) is 0 Å². The van der Waals surface area contributed by atoms with Crippen molar-refractivity contribution in [2.45, 2.75) is 80.4 Å². The summed E-state index contributed by atoms with van der Waals surface area (Å²) in [4.78, 5) is 0.0650. The maximum absolute atomic E-state index is 12.7. The molecule has 0 unspecified atom stereocenters. The van der Waals surface area contributed by atoms with Crippen LogP contribution in [0.1, 0.15) is 64.2 Å². The summed E-state index contributed by atoms with van der Waals surface area (Å²) in [6.45, 7) is 0. The second-order valence-corrected chi connectivity index (χ2v) is 13.3. The zero-order chi connectivity index (χ0) is 23.4. The zero-order valence-corrected chi connectivity index (χ0v) is 21.3. The zero-order valence-electron chi connectivity index (χ0n) is 19.6. The van der Waals surface area contributed by atoms with Crippen LogP contribution in [0, 0.1) is 0 Å². The summed E-state index contributed by atoms with van der Waals surface area (Å²) in [6, 6.07) is 10.9. The maximum Gasteiger partial charge on any atom is 0.295 e. The minimum absolute atomic E-state index is 0.0650. The molecule has 0 bridgehead atoms. The molecule has 2 aromatic rings. The predicted octanol–water partition coefficient (Wildman–Crippen LogP) is 6.39. The van der Waals surface area contributed by atoms with E-state index in [0.29, 0.717) is 22.8 Å². The Labute approximate surface area is 199 Å². The molecular weight excluding hydrogens is 455 g/mol. The second-order valence-electron chi connectivity index (χ2n) is 9.16. The lowest BCUT2D eigenvalue weighted by Gasteiger charge is -2.40. The Bertz CT molecular complexity index is 1020. The third-order valence-electron chi connectivity index (χ3n) is 7.17. The first-order valence-electron chi connectivity index (χ1n) is 12.1. The Balaban J connectivity index is 2.01. The van der Waals surface area contributed by atoms with Gasteiger partial charge in [-0.1, -0.05) is 64.6 Å². The summed E-state index contributed by atoms with van der Waals surface area (Å²) in [5.41, 5.74) is 2.53. The van der Waals surface area contributed by atoms with Gasteiger partial charge in [-0.05, 0) is 60.8 Å². The average Bonchev–Trinajstić information content (AvgIpc) is 2.84. The van der Waals surface area contributed by atoms with E-state index < -0.39 is 18.0 Å². The topological polar surface area (TPSA) is 72.8 Å². The van der Waals surface area contributed by atoms with E-state index in [-0.39, 0.29) is 4.90 Å². The van der Waals surface area contributed by atoms with Crippen molar-refractivity contribution in [1.82, 2.24) is 0 Å². The van der Waals surface area contributed by atoms with Gasteiger partial charge in [-0.2, -0.15) is 8.42 Å². The molecule has 2 aliphatic carbocycles. The molecule has 180 valence electrons. The molecule has 33 heavy (non-hydrogen) atoms. The normalized spacial score (nSPS) is 18.4. The van der Waals surface area contributed by atoms with Crippen molar-refractivity contribution in [3.63, 3.8) is 0 Å². The number of benzene rings is 2. The number of rotatable bonds is 7. The Kier molecular flexibility index (Phi) is 7.99. The molecule has 1 N–H and O–H groups in total. The van der Waals surface area contributed by atoms with Crippen molar-refractivity contribution < 1.29 is 22.4 Å². The van der Waals surface area contributed by atoms with Gasteiger partial charge in [0.05, 0.1) is 19.8 Å². The molecule has 0 atom stereocenters. The minimum Gasteiger partial charge on any atom is -0.496 e. The van der Waals surface area contributed by atoms with Gasteiger partial charge in [-0.25, -0.2) is 0 Å². The summed E-state index contributed by atoms with van der Waals surface area (Å²) in [5, 5.41) is 0.816. The molecule has 0 saturated heterocycles. The van der Waals surface area contributed by atoms with Crippen LogP contribution < -0.4 is 14.8 Å². The SMILES string of the molecule is COc1cccc(OC)c1-c1cccc(S(=O)(=O)O)c1P(C1CCCCC1)C1CCCCC1. The summed E-state index contributed by atoms with van der Waals surface area (Å²) < 4.78 is 47.2. The highest BCUT2D eigenvalue weighted by molar-refractivity contribution is 7.87. The van der Waals surface area contributed by atoms with Gasteiger partial charge in [0.2, 0.25) is 0 Å². The Morgan fingerprint density at radius 3 is 1.73 bits per heavy atom. The lowest BCUT2D eigenvalue weighted by Crippen LogP contribution is -2.30. The highest BCUT2D eigenvalue weighted by Crippen LogP contribution is 2.58. The standard InChI is InChI=1S/C26H35O5PS/c1-30-22-16-10-17-23(31-2)25(22)21-15-9-18-24(33(27,28)29)26(21)32(19-11-5-3-6-12-19)20-13-7-4-8-14-20/h9-10,15-20H,3-8,11-14H2,1-2H3,(H,27,28,29). The molecule has 7 heteroatoms. The molecule has 2 saturated carbocycles. The van der Waals surface area contributed by atoms with E-state index in [9.17, 15) is 13.0 Å². The van der Waals surface area contributed by atoms with Gasteiger partial charge in [0, 0.05) is 5.30 Å². The Hall–Kier alpha value is -1.62. The van der Waals surface area contributed by atoms with Crippen molar-refractivity contribution in [2.75, 3.05) is 14.2 Å². The van der Waals surface area contributed by atoms with E-state index in [0.717, 1.165) is 42.1 Å². The largest absolute Gasteiger partial charge is 0.496 e. The molecule has 2 fully saturated rings. The first-order valence-corrected chi connectivity index (χ1v) is 15.0. The summed E-state index contributed by atoms with van der Waals surface area (Å²) in [6.07, 6.45) is 11.8. The van der Waals surface area contributed by atoms with E-state index >= 15 is 0 Å². The quantitative estimate of drug-likeness (QED) is 0.360. The summed E-state index contributed by atoms with van der Waals surface area (Å²) in [5.74, 6) is 1.29. The highest BCUT2D eigenvalue weighted by atomic mass is 32.2. The number of ether oxygens (including phenoxy) is 2. The first-order chi connectivity index (χ1) is 16.0. The monoisotopic (exact) mass is 490 g/mol. The lowest BCUT2D eigenvalue weighted by atomic mass is 9.99. The first kappa shape index (κ1) is 24.5. The van der Waals surface area contributed by atoms with Crippen molar-refractivity contribution >= 4 is 23.3 Å². The van der Waals surface area contributed by atoms with Gasteiger partial charge in [0.25, 0.3) is 10.1 Å². The second kappa shape index (κ2) is 10.8. The molecule has 0 spiro atoms. The molecule has 0 amide bonds. The molecule has 4 rings (SSSR count). The van der Waals surface area contributed by atoms with Gasteiger partial charge >= 0.3 is 0 Å². The Morgan fingerprint density at radius 2 is 1.27 bits per heavy atom.